The largest absolute Gasteiger partial charge is 0.493 e. The SMILES string of the molecule is C=CCOc1ccc(/C=C/C(=O)N2CCc3ccccc3C2)cc1OC. The summed E-state index contributed by atoms with van der Waals surface area (Å²) < 4.78 is 10.9. The molecule has 4 heteroatoms. The van der Waals surface area contributed by atoms with E-state index >= 15 is 0 Å². The molecule has 1 aliphatic rings. The predicted octanol–water partition coefficient (Wildman–Crippen LogP) is 3.86. The number of fused-ring (bicyclic) bond motifs is 1. The number of carbonyl (C=O) groups excluding carboxylic acids is 1. The van der Waals surface area contributed by atoms with E-state index in [0.717, 1.165) is 18.5 Å². The molecule has 134 valence electrons. The molecule has 1 heterocycles. The predicted molar refractivity (Wildman–Crippen MR) is 103 cm³/mol. The molecule has 3 rings (SSSR count). The number of carbonyl (C=O) groups is 1. The number of hydrogen-bond donors (Lipinski definition) is 0. The van der Waals surface area contributed by atoms with Gasteiger partial charge in [0.1, 0.15) is 6.61 Å². The minimum atomic E-state index is 0.0189. The summed E-state index contributed by atoms with van der Waals surface area (Å²) in [6.07, 6.45) is 6.01. The smallest absolute Gasteiger partial charge is 0.246 e. The molecular weight excluding hydrogens is 326 g/mol. The molecule has 2 aromatic carbocycles. The molecule has 1 amide bonds. The lowest BCUT2D eigenvalue weighted by Gasteiger charge is -2.27. The van der Waals surface area contributed by atoms with E-state index in [1.807, 2.05) is 41.3 Å². The van der Waals surface area contributed by atoms with Gasteiger partial charge in [0.05, 0.1) is 7.11 Å². The molecule has 0 saturated carbocycles. The number of hydrogen-bond acceptors (Lipinski definition) is 3. The molecule has 0 fully saturated rings. The van der Waals surface area contributed by atoms with Crippen LogP contribution in [0.2, 0.25) is 0 Å². The topological polar surface area (TPSA) is 38.8 Å². The second-order valence-corrected chi connectivity index (χ2v) is 6.12. The van der Waals surface area contributed by atoms with Gasteiger partial charge in [0.25, 0.3) is 0 Å². The molecule has 0 atom stereocenters. The first-order valence-corrected chi connectivity index (χ1v) is 8.67. The summed E-state index contributed by atoms with van der Waals surface area (Å²) in [6, 6.07) is 13.9. The lowest BCUT2D eigenvalue weighted by molar-refractivity contribution is -0.126. The third-order valence-corrected chi connectivity index (χ3v) is 4.41. The fraction of sp³-hybridized carbons (Fsp3) is 0.227. The Labute approximate surface area is 154 Å². The van der Waals surface area contributed by atoms with E-state index in [2.05, 4.69) is 18.7 Å². The van der Waals surface area contributed by atoms with E-state index in [-0.39, 0.29) is 5.91 Å². The number of benzene rings is 2. The van der Waals surface area contributed by atoms with Crippen LogP contribution in [0.25, 0.3) is 6.08 Å². The number of nitrogens with zero attached hydrogens (tertiary/aromatic N) is 1. The van der Waals surface area contributed by atoms with Crippen molar-refractivity contribution < 1.29 is 14.3 Å². The summed E-state index contributed by atoms with van der Waals surface area (Å²) in [5, 5.41) is 0. The van der Waals surface area contributed by atoms with Crippen molar-refractivity contribution >= 4 is 12.0 Å². The van der Waals surface area contributed by atoms with Gasteiger partial charge in [-0.05, 0) is 41.3 Å². The monoisotopic (exact) mass is 349 g/mol. The molecule has 0 unspecified atom stereocenters. The van der Waals surface area contributed by atoms with Crippen LogP contribution in [0.4, 0.5) is 0 Å². The van der Waals surface area contributed by atoms with Gasteiger partial charge in [-0.2, -0.15) is 0 Å². The molecule has 0 aliphatic carbocycles. The van der Waals surface area contributed by atoms with E-state index in [1.54, 1.807) is 19.3 Å². The maximum atomic E-state index is 12.5. The molecule has 26 heavy (non-hydrogen) atoms. The Balaban J connectivity index is 1.68. The lowest BCUT2D eigenvalue weighted by atomic mass is 10.00. The standard InChI is InChI=1S/C22H23NO3/c1-3-14-26-20-10-8-17(15-21(20)25-2)9-11-22(24)23-13-12-18-6-4-5-7-19(18)16-23/h3-11,15H,1,12-14,16H2,2H3/b11-9+. The van der Waals surface area contributed by atoms with Crippen molar-refractivity contribution in [3.63, 3.8) is 0 Å². The number of rotatable bonds is 6. The van der Waals surface area contributed by atoms with Gasteiger partial charge >= 0.3 is 0 Å². The van der Waals surface area contributed by atoms with Crippen molar-refractivity contribution in [2.75, 3.05) is 20.3 Å². The van der Waals surface area contributed by atoms with E-state index in [1.165, 1.54) is 11.1 Å². The highest BCUT2D eigenvalue weighted by Gasteiger charge is 2.18. The van der Waals surface area contributed by atoms with Crippen LogP contribution in [0.15, 0.2) is 61.2 Å². The third kappa shape index (κ3) is 4.14. The molecule has 0 N–H and O–H groups in total. The summed E-state index contributed by atoms with van der Waals surface area (Å²) >= 11 is 0. The zero-order valence-corrected chi connectivity index (χ0v) is 15.0. The Morgan fingerprint density at radius 1 is 1.19 bits per heavy atom. The minimum absolute atomic E-state index is 0.0189. The van der Waals surface area contributed by atoms with Crippen LogP contribution in [0, 0.1) is 0 Å². The quantitative estimate of drug-likeness (QED) is 0.587. The Morgan fingerprint density at radius 2 is 2.00 bits per heavy atom. The molecular formula is C22H23NO3. The summed E-state index contributed by atoms with van der Waals surface area (Å²) in [6.45, 7) is 5.47. The van der Waals surface area contributed by atoms with Gasteiger partial charge in [0, 0.05) is 19.2 Å². The second-order valence-electron chi connectivity index (χ2n) is 6.12. The van der Waals surface area contributed by atoms with Crippen LogP contribution in [0.5, 0.6) is 11.5 Å². The van der Waals surface area contributed by atoms with Crippen molar-refractivity contribution in [3.05, 3.63) is 77.9 Å². The van der Waals surface area contributed by atoms with Crippen LogP contribution in [0.3, 0.4) is 0 Å². The average molecular weight is 349 g/mol. The van der Waals surface area contributed by atoms with Crippen LogP contribution >= 0.6 is 0 Å². The highest BCUT2D eigenvalue weighted by molar-refractivity contribution is 5.92. The van der Waals surface area contributed by atoms with Gasteiger partial charge in [-0.15, -0.1) is 0 Å². The summed E-state index contributed by atoms with van der Waals surface area (Å²) in [5.41, 5.74) is 3.45. The first-order chi connectivity index (χ1) is 12.7. The van der Waals surface area contributed by atoms with Crippen molar-refractivity contribution in [1.82, 2.24) is 4.90 Å². The van der Waals surface area contributed by atoms with Gasteiger partial charge < -0.3 is 14.4 Å². The van der Waals surface area contributed by atoms with Gasteiger partial charge in [0.2, 0.25) is 5.91 Å². The van der Waals surface area contributed by atoms with E-state index in [4.69, 9.17) is 9.47 Å². The first-order valence-electron chi connectivity index (χ1n) is 8.67. The van der Waals surface area contributed by atoms with Gasteiger partial charge in [-0.3, -0.25) is 4.79 Å². The van der Waals surface area contributed by atoms with Crippen molar-refractivity contribution in [2.24, 2.45) is 0 Å². The Hall–Kier alpha value is -3.01. The van der Waals surface area contributed by atoms with Gasteiger partial charge in [0.15, 0.2) is 11.5 Å². The van der Waals surface area contributed by atoms with Crippen molar-refractivity contribution in [2.45, 2.75) is 13.0 Å². The van der Waals surface area contributed by atoms with E-state index in [9.17, 15) is 4.79 Å². The van der Waals surface area contributed by atoms with Crippen molar-refractivity contribution in [1.29, 1.82) is 0 Å². The summed E-state index contributed by atoms with van der Waals surface area (Å²) in [7, 11) is 1.60. The van der Waals surface area contributed by atoms with Crippen molar-refractivity contribution in [3.8, 4) is 11.5 Å². The van der Waals surface area contributed by atoms with Crippen LogP contribution < -0.4 is 9.47 Å². The fourth-order valence-corrected chi connectivity index (χ4v) is 3.01. The molecule has 4 nitrogen and oxygen atoms in total. The van der Waals surface area contributed by atoms with Crippen LogP contribution in [-0.4, -0.2) is 31.1 Å². The highest BCUT2D eigenvalue weighted by Crippen LogP contribution is 2.28. The molecule has 0 bridgehead atoms. The van der Waals surface area contributed by atoms with Gasteiger partial charge in [-0.25, -0.2) is 0 Å². The number of methoxy groups -OCH3 is 1. The molecule has 0 saturated heterocycles. The maximum absolute atomic E-state index is 12.5. The van der Waals surface area contributed by atoms with Crippen LogP contribution in [0.1, 0.15) is 16.7 Å². The zero-order valence-electron chi connectivity index (χ0n) is 15.0. The Morgan fingerprint density at radius 3 is 2.77 bits per heavy atom. The average Bonchev–Trinajstić information content (AvgIpc) is 2.70. The van der Waals surface area contributed by atoms with E-state index < -0.39 is 0 Å². The second kappa shape index (κ2) is 8.39. The third-order valence-electron chi connectivity index (χ3n) is 4.41. The van der Waals surface area contributed by atoms with E-state index in [0.29, 0.717) is 24.7 Å². The lowest BCUT2D eigenvalue weighted by Crippen LogP contribution is -2.34. The molecule has 0 spiro atoms. The maximum Gasteiger partial charge on any atom is 0.246 e. The first kappa shape index (κ1) is 17.8. The molecule has 2 aromatic rings. The molecule has 1 aliphatic heterocycles. The summed E-state index contributed by atoms with van der Waals surface area (Å²) in [4.78, 5) is 14.4. The summed E-state index contributed by atoms with van der Waals surface area (Å²) in [5.74, 6) is 1.31. The Bertz CT molecular complexity index is 826. The normalized spacial score (nSPS) is 13.3. The zero-order chi connectivity index (χ0) is 18.4. The molecule has 0 aromatic heterocycles. The van der Waals surface area contributed by atoms with Gasteiger partial charge in [-0.1, -0.05) is 43.0 Å². The fourth-order valence-electron chi connectivity index (χ4n) is 3.01. The number of ether oxygens (including phenoxy) is 2. The number of amides is 1. The minimum Gasteiger partial charge on any atom is -0.493 e. The Kier molecular flexibility index (Phi) is 5.74. The van der Waals surface area contributed by atoms with Crippen LogP contribution in [-0.2, 0) is 17.8 Å². The molecule has 0 radical (unpaired) electrons. The highest BCUT2D eigenvalue weighted by atomic mass is 16.5.